The highest BCUT2D eigenvalue weighted by atomic mass is 32.2. The number of nitrogens with zero attached hydrogens (tertiary/aromatic N) is 3. The molecule has 0 atom stereocenters. The van der Waals surface area contributed by atoms with Crippen LogP contribution in [0.4, 0.5) is 10.1 Å². The van der Waals surface area contributed by atoms with Crippen LogP contribution < -0.4 is 5.32 Å². The van der Waals surface area contributed by atoms with E-state index in [1.807, 2.05) is 0 Å². The molecule has 0 amide bonds. The summed E-state index contributed by atoms with van der Waals surface area (Å²) in [6.07, 6.45) is 1.13. The summed E-state index contributed by atoms with van der Waals surface area (Å²) in [7, 11) is -0.368. The van der Waals surface area contributed by atoms with E-state index in [1.54, 1.807) is 0 Å². The SMILES string of the molecule is CN(C)S(=O)(=O)CCNc1ncc([N+](=O)[O-])s1. The van der Waals surface area contributed by atoms with Crippen LogP contribution in [0.25, 0.3) is 0 Å². The molecule has 10 heteroatoms. The van der Waals surface area contributed by atoms with E-state index in [0.717, 1.165) is 21.8 Å². The highest BCUT2D eigenvalue weighted by Gasteiger charge is 2.14. The molecule has 0 aliphatic carbocycles. The summed E-state index contributed by atoms with van der Waals surface area (Å²) in [6, 6.07) is 0. The zero-order valence-electron chi connectivity index (χ0n) is 9.28. The lowest BCUT2D eigenvalue weighted by molar-refractivity contribution is -0.380. The van der Waals surface area contributed by atoms with Crippen LogP contribution in [0.2, 0.25) is 0 Å². The van der Waals surface area contributed by atoms with Crippen molar-refractivity contribution in [1.82, 2.24) is 9.29 Å². The number of hydrogen-bond acceptors (Lipinski definition) is 7. The second-order valence-corrected chi connectivity index (χ2v) is 6.60. The average molecular weight is 280 g/mol. The summed E-state index contributed by atoms with van der Waals surface area (Å²) >= 11 is 0.870. The third kappa shape index (κ3) is 3.91. The van der Waals surface area contributed by atoms with Crippen LogP contribution in [0, 0.1) is 10.1 Å². The molecule has 1 N–H and O–H groups in total. The molecule has 0 spiro atoms. The molecule has 0 radical (unpaired) electrons. The summed E-state index contributed by atoms with van der Waals surface area (Å²) < 4.78 is 23.9. The van der Waals surface area contributed by atoms with Crippen LogP contribution >= 0.6 is 11.3 Å². The van der Waals surface area contributed by atoms with Gasteiger partial charge in [0.05, 0.1) is 10.7 Å². The van der Waals surface area contributed by atoms with E-state index in [9.17, 15) is 18.5 Å². The topological polar surface area (TPSA) is 105 Å². The standard InChI is InChI=1S/C7H12N4O4S2/c1-10(2)17(14,15)4-3-8-7-9-5-6(16-7)11(12)13/h5H,3-4H2,1-2H3,(H,8,9). The van der Waals surface area contributed by atoms with Crippen LogP contribution in [0.1, 0.15) is 0 Å². The van der Waals surface area contributed by atoms with E-state index in [-0.39, 0.29) is 17.3 Å². The smallest absolute Gasteiger partial charge is 0.345 e. The summed E-state index contributed by atoms with van der Waals surface area (Å²) in [6.45, 7) is 0.158. The van der Waals surface area contributed by atoms with E-state index >= 15 is 0 Å². The fourth-order valence-electron chi connectivity index (χ4n) is 0.901. The predicted molar refractivity (Wildman–Crippen MR) is 64.7 cm³/mol. The summed E-state index contributed by atoms with van der Waals surface area (Å²) in [5.74, 6) is -0.0899. The van der Waals surface area contributed by atoms with Gasteiger partial charge in [0.2, 0.25) is 10.0 Å². The summed E-state index contributed by atoms with van der Waals surface area (Å²) in [4.78, 5) is 13.6. The van der Waals surface area contributed by atoms with Gasteiger partial charge in [-0.2, -0.15) is 0 Å². The van der Waals surface area contributed by atoms with Crippen LogP contribution in [0.5, 0.6) is 0 Å². The molecule has 0 aliphatic heterocycles. The van der Waals surface area contributed by atoms with Crippen LogP contribution in [-0.4, -0.2) is 49.0 Å². The van der Waals surface area contributed by atoms with Crippen molar-refractivity contribution in [3.63, 3.8) is 0 Å². The first-order valence-corrected chi connectivity index (χ1v) is 7.00. The van der Waals surface area contributed by atoms with Crippen molar-refractivity contribution in [2.75, 3.05) is 31.7 Å². The molecule has 17 heavy (non-hydrogen) atoms. The van der Waals surface area contributed by atoms with Crippen molar-refractivity contribution in [3.8, 4) is 0 Å². The van der Waals surface area contributed by atoms with Crippen molar-refractivity contribution < 1.29 is 13.3 Å². The fraction of sp³-hybridized carbons (Fsp3) is 0.571. The minimum Gasteiger partial charge on any atom is -0.360 e. The normalized spacial score (nSPS) is 11.7. The lowest BCUT2D eigenvalue weighted by Gasteiger charge is -2.10. The van der Waals surface area contributed by atoms with Gasteiger partial charge >= 0.3 is 5.00 Å². The third-order valence-electron chi connectivity index (χ3n) is 1.87. The van der Waals surface area contributed by atoms with Gasteiger partial charge < -0.3 is 5.32 Å². The minimum absolute atomic E-state index is 0.0806. The van der Waals surface area contributed by atoms with Gasteiger partial charge in [-0.1, -0.05) is 0 Å². The number of anilines is 1. The maximum Gasteiger partial charge on any atom is 0.345 e. The molecular formula is C7H12N4O4S2. The molecule has 0 aromatic carbocycles. The molecule has 0 fully saturated rings. The van der Waals surface area contributed by atoms with E-state index in [1.165, 1.54) is 14.1 Å². The van der Waals surface area contributed by atoms with Crippen LogP contribution in [-0.2, 0) is 10.0 Å². The Hall–Kier alpha value is -1.26. The van der Waals surface area contributed by atoms with E-state index in [2.05, 4.69) is 10.3 Å². The Kier molecular flexibility index (Phi) is 4.37. The van der Waals surface area contributed by atoms with E-state index < -0.39 is 14.9 Å². The summed E-state index contributed by atoms with van der Waals surface area (Å²) in [5, 5.41) is 13.4. The molecule has 1 rings (SSSR count). The third-order valence-corrected chi connectivity index (χ3v) is 4.61. The van der Waals surface area contributed by atoms with Gasteiger partial charge in [0.1, 0.15) is 6.20 Å². The molecule has 1 aromatic heterocycles. The molecule has 96 valence electrons. The highest BCUT2D eigenvalue weighted by Crippen LogP contribution is 2.24. The molecule has 0 saturated heterocycles. The molecular weight excluding hydrogens is 268 g/mol. The Morgan fingerprint density at radius 2 is 2.24 bits per heavy atom. The molecule has 8 nitrogen and oxygen atoms in total. The molecule has 0 unspecified atom stereocenters. The van der Waals surface area contributed by atoms with Crippen molar-refractivity contribution in [2.24, 2.45) is 0 Å². The maximum absolute atomic E-state index is 11.4. The number of nitrogens with one attached hydrogen (secondary N) is 1. The van der Waals surface area contributed by atoms with E-state index in [4.69, 9.17) is 0 Å². The molecule has 0 bridgehead atoms. The van der Waals surface area contributed by atoms with Crippen molar-refractivity contribution in [3.05, 3.63) is 16.3 Å². The number of hydrogen-bond donors (Lipinski definition) is 1. The second-order valence-electron chi connectivity index (χ2n) is 3.29. The quantitative estimate of drug-likeness (QED) is 0.595. The highest BCUT2D eigenvalue weighted by molar-refractivity contribution is 7.89. The minimum atomic E-state index is -3.26. The van der Waals surface area contributed by atoms with Crippen LogP contribution in [0.15, 0.2) is 6.20 Å². The first-order chi connectivity index (χ1) is 7.83. The van der Waals surface area contributed by atoms with Crippen LogP contribution in [0.3, 0.4) is 0 Å². The zero-order valence-corrected chi connectivity index (χ0v) is 10.9. The summed E-state index contributed by atoms with van der Waals surface area (Å²) in [5.41, 5.74) is 0. The Morgan fingerprint density at radius 1 is 1.59 bits per heavy atom. The fourth-order valence-corrected chi connectivity index (χ4v) is 2.28. The maximum atomic E-state index is 11.4. The van der Waals surface area contributed by atoms with Crippen molar-refractivity contribution in [2.45, 2.75) is 0 Å². The average Bonchev–Trinajstić information content (AvgIpc) is 2.66. The van der Waals surface area contributed by atoms with Crippen molar-refractivity contribution in [1.29, 1.82) is 0 Å². The van der Waals surface area contributed by atoms with Gasteiger partial charge in [0, 0.05) is 20.6 Å². The molecule has 0 saturated carbocycles. The largest absolute Gasteiger partial charge is 0.360 e. The van der Waals surface area contributed by atoms with Gasteiger partial charge in [-0.05, 0) is 11.3 Å². The molecule has 1 heterocycles. The predicted octanol–water partition coefficient (Wildman–Crippen LogP) is 0.355. The molecule has 0 aliphatic rings. The van der Waals surface area contributed by atoms with Gasteiger partial charge in [0.25, 0.3) is 0 Å². The van der Waals surface area contributed by atoms with E-state index in [0.29, 0.717) is 5.13 Å². The number of nitro groups is 1. The molecule has 1 aromatic rings. The second kappa shape index (κ2) is 5.38. The number of thiazole rings is 1. The lowest BCUT2D eigenvalue weighted by atomic mass is 10.7. The first kappa shape index (κ1) is 13.8. The number of rotatable bonds is 6. The monoisotopic (exact) mass is 280 g/mol. The van der Waals surface area contributed by atoms with Gasteiger partial charge in [-0.15, -0.1) is 0 Å². The van der Waals surface area contributed by atoms with Crippen molar-refractivity contribution >= 4 is 31.5 Å². The Balaban J connectivity index is 2.49. The number of aromatic nitrogens is 1. The lowest BCUT2D eigenvalue weighted by Crippen LogP contribution is -2.28. The van der Waals surface area contributed by atoms with Gasteiger partial charge in [-0.25, -0.2) is 17.7 Å². The Labute approximate surface area is 102 Å². The Morgan fingerprint density at radius 3 is 2.71 bits per heavy atom. The zero-order chi connectivity index (χ0) is 13.1. The van der Waals surface area contributed by atoms with Gasteiger partial charge in [0.15, 0.2) is 5.13 Å². The Bertz CT molecular complexity index is 496. The van der Waals surface area contributed by atoms with Gasteiger partial charge in [-0.3, -0.25) is 10.1 Å². The first-order valence-electron chi connectivity index (χ1n) is 4.57. The number of sulfonamides is 1.